The van der Waals surface area contributed by atoms with Crippen molar-refractivity contribution in [3.8, 4) is 0 Å². The van der Waals surface area contributed by atoms with Crippen molar-refractivity contribution in [1.82, 2.24) is 9.97 Å². The number of aryl methyl sites for hydroxylation is 1. The highest BCUT2D eigenvalue weighted by Gasteiger charge is 2.20. The third kappa shape index (κ3) is 1.81. The summed E-state index contributed by atoms with van der Waals surface area (Å²) in [5.41, 5.74) is 7.78. The summed E-state index contributed by atoms with van der Waals surface area (Å²) < 4.78 is 0. The van der Waals surface area contributed by atoms with E-state index < -0.39 is 0 Å². The number of fused-ring (bicyclic) bond motifs is 1. The van der Waals surface area contributed by atoms with Crippen LogP contribution in [-0.4, -0.2) is 9.97 Å². The van der Waals surface area contributed by atoms with Gasteiger partial charge < -0.3 is 10.7 Å². The van der Waals surface area contributed by atoms with E-state index in [0.717, 1.165) is 30.5 Å². The van der Waals surface area contributed by atoms with E-state index in [9.17, 15) is 4.79 Å². The fourth-order valence-corrected chi connectivity index (χ4v) is 1.93. The van der Waals surface area contributed by atoms with Gasteiger partial charge in [-0.05, 0) is 25.2 Å². The van der Waals surface area contributed by atoms with Crippen molar-refractivity contribution in [2.24, 2.45) is 11.7 Å². The number of H-pyrrole nitrogens is 1. The molecule has 1 aliphatic carbocycles. The molecule has 0 spiro atoms. The first-order chi connectivity index (χ1) is 7.09. The second-order valence-corrected chi connectivity index (χ2v) is 4.50. The molecule has 15 heavy (non-hydrogen) atoms. The summed E-state index contributed by atoms with van der Waals surface area (Å²) in [6.07, 6.45) is 2.80. The molecule has 0 fully saturated rings. The van der Waals surface area contributed by atoms with E-state index >= 15 is 0 Å². The minimum Gasteiger partial charge on any atom is -0.321 e. The molecule has 0 bridgehead atoms. The lowest BCUT2D eigenvalue weighted by Gasteiger charge is -2.15. The predicted octanol–water partition coefficient (Wildman–Crippen LogP) is 0.914. The van der Waals surface area contributed by atoms with Crippen LogP contribution in [0.1, 0.15) is 43.4 Å². The standard InChI is InChI=1S/C11H17N3O/c1-6(2)9(12)10-13-8-5-3-4-7(8)11(15)14-10/h6,9H,3-5,12H2,1-2H3,(H,13,14,15). The summed E-state index contributed by atoms with van der Waals surface area (Å²) in [5, 5.41) is 0. The average molecular weight is 207 g/mol. The molecule has 1 atom stereocenters. The minimum atomic E-state index is -0.177. The van der Waals surface area contributed by atoms with Gasteiger partial charge in [0.05, 0.1) is 11.7 Å². The van der Waals surface area contributed by atoms with E-state index in [0.29, 0.717) is 5.82 Å². The first-order valence-corrected chi connectivity index (χ1v) is 5.47. The maximum absolute atomic E-state index is 11.7. The van der Waals surface area contributed by atoms with Crippen LogP contribution in [0.2, 0.25) is 0 Å². The van der Waals surface area contributed by atoms with Gasteiger partial charge in [0, 0.05) is 5.56 Å². The van der Waals surface area contributed by atoms with Crippen LogP contribution in [0.4, 0.5) is 0 Å². The third-order valence-corrected chi connectivity index (χ3v) is 2.99. The van der Waals surface area contributed by atoms with Crippen LogP contribution in [-0.2, 0) is 12.8 Å². The molecular formula is C11H17N3O. The van der Waals surface area contributed by atoms with E-state index in [-0.39, 0.29) is 17.5 Å². The molecule has 4 nitrogen and oxygen atoms in total. The second-order valence-electron chi connectivity index (χ2n) is 4.50. The highest BCUT2D eigenvalue weighted by Crippen LogP contribution is 2.19. The lowest BCUT2D eigenvalue weighted by atomic mass is 10.0. The summed E-state index contributed by atoms with van der Waals surface area (Å²) in [4.78, 5) is 19.0. The average Bonchev–Trinajstić information content (AvgIpc) is 2.64. The lowest BCUT2D eigenvalue weighted by molar-refractivity contribution is 0.487. The number of nitrogens with one attached hydrogen (secondary N) is 1. The molecule has 0 amide bonds. The maximum Gasteiger partial charge on any atom is 0.254 e. The summed E-state index contributed by atoms with van der Waals surface area (Å²) >= 11 is 0. The number of aromatic nitrogens is 2. The van der Waals surface area contributed by atoms with Crippen LogP contribution in [0.15, 0.2) is 4.79 Å². The smallest absolute Gasteiger partial charge is 0.254 e. The van der Waals surface area contributed by atoms with Gasteiger partial charge in [0.2, 0.25) is 0 Å². The Labute approximate surface area is 88.9 Å². The zero-order chi connectivity index (χ0) is 11.0. The van der Waals surface area contributed by atoms with Crippen molar-refractivity contribution in [1.29, 1.82) is 0 Å². The van der Waals surface area contributed by atoms with E-state index in [4.69, 9.17) is 5.73 Å². The largest absolute Gasteiger partial charge is 0.321 e. The highest BCUT2D eigenvalue weighted by molar-refractivity contribution is 5.23. The van der Waals surface area contributed by atoms with Gasteiger partial charge in [-0.3, -0.25) is 4.79 Å². The fraction of sp³-hybridized carbons (Fsp3) is 0.636. The normalized spacial score (nSPS) is 16.8. The maximum atomic E-state index is 11.7. The van der Waals surface area contributed by atoms with Gasteiger partial charge in [0.1, 0.15) is 5.82 Å². The molecule has 3 N–H and O–H groups in total. The SMILES string of the molecule is CC(C)C(N)c1nc2c(c(=O)[nH]1)CCC2. The van der Waals surface area contributed by atoms with Crippen LogP contribution in [0.25, 0.3) is 0 Å². The zero-order valence-corrected chi connectivity index (χ0v) is 9.21. The molecule has 1 heterocycles. The molecule has 2 rings (SSSR count). The van der Waals surface area contributed by atoms with Gasteiger partial charge in [-0.1, -0.05) is 13.8 Å². The second kappa shape index (κ2) is 3.77. The Hall–Kier alpha value is -1.16. The summed E-state index contributed by atoms with van der Waals surface area (Å²) in [5.74, 6) is 0.920. The Bertz CT molecular complexity index is 422. The lowest BCUT2D eigenvalue weighted by Crippen LogP contribution is -2.25. The van der Waals surface area contributed by atoms with E-state index in [1.807, 2.05) is 13.8 Å². The molecule has 0 radical (unpaired) electrons. The van der Waals surface area contributed by atoms with Crippen molar-refractivity contribution >= 4 is 0 Å². The Morgan fingerprint density at radius 2 is 2.13 bits per heavy atom. The van der Waals surface area contributed by atoms with Gasteiger partial charge in [-0.15, -0.1) is 0 Å². The molecular weight excluding hydrogens is 190 g/mol. The van der Waals surface area contributed by atoms with Crippen LogP contribution in [0.3, 0.4) is 0 Å². The van der Waals surface area contributed by atoms with E-state index in [1.54, 1.807) is 0 Å². The quantitative estimate of drug-likeness (QED) is 0.757. The Morgan fingerprint density at radius 3 is 2.80 bits per heavy atom. The van der Waals surface area contributed by atoms with Gasteiger partial charge in [0.25, 0.3) is 5.56 Å². The molecule has 82 valence electrons. The van der Waals surface area contributed by atoms with Crippen LogP contribution >= 0.6 is 0 Å². The Balaban J connectivity index is 2.44. The number of hydrogen-bond donors (Lipinski definition) is 2. The molecule has 1 aliphatic rings. The number of hydrogen-bond acceptors (Lipinski definition) is 3. The first-order valence-electron chi connectivity index (χ1n) is 5.47. The Morgan fingerprint density at radius 1 is 1.40 bits per heavy atom. The number of aromatic amines is 1. The molecule has 0 aromatic carbocycles. The highest BCUT2D eigenvalue weighted by atomic mass is 16.1. The molecule has 1 aromatic heterocycles. The van der Waals surface area contributed by atoms with Crippen molar-refractivity contribution in [3.63, 3.8) is 0 Å². The summed E-state index contributed by atoms with van der Waals surface area (Å²) in [6.45, 7) is 4.05. The van der Waals surface area contributed by atoms with Crippen molar-refractivity contribution in [3.05, 3.63) is 27.4 Å². The molecule has 1 aromatic rings. The van der Waals surface area contributed by atoms with Crippen molar-refractivity contribution in [2.75, 3.05) is 0 Å². The predicted molar refractivity (Wildman–Crippen MR) is 58.6 cm³/mol. The molecule has 4 heteroatoms. The van der Waals surface area contributed by atoms with Crippen molar-refractivity contribution in [2.45, 2.75) is 39.2 Å². The van der Waals surface area contributed by atoms with Gasteiger partial charge in [0.15, 0.2) is 0 Å². The summed E-state index contributed by atoms with van der Waals surface area (Å²) in [7, 11) is 0. The fourth-order valence-electron chi connectivity index (χ4n) is 1.93. The Kier molecular flexibility index (Phi) is 2.61. The van der Waals surface area contributed by atoms with Crippen LogP contribution in [0.5, 0.6) is 0 Å². The van der Waals surface area contributed by atoms with E-state index in [2.05, 4.69) is 9.97 Å². The first kappa shape index (κ1) is 10.4. The van der Waals surface area contributed by atoms with Crippen molar-refractivity contribution < 1.29 is 0 Å². The topological polar surface area (TPSA) is 71.8 Å². The number of rotatable bonds is 2. The minimum absolute atomic E-state index is 0.00333. The molecule has 0 aliphatic heterocycles. The van der Waals surface area contributed by atoms with E-state index in [1.165, 1.54) is 0 Å². The van der Waals surface area contributed by atoms with Crippen LogP contribution < -0.4 is 11.3 Å². The number of nitrogens with zero attached hydrogens (tertiary/aromatic N) is 1. The summed E-state index contributed by atoms with van der Waals surface area (Å²) in [6, 6.07) is -0.177. The van der Waals surface area contributed by atoms with Crippen LogP contribution in [0, 0.1) is 5.92 Å². The van der Waals surface area contributed by atoms with Gasteiger partial charge >= 0.3 is 0 Å². The molecule has 0 saturated heterocycles. The monoisotopic (exact) mass is 207 g/mol. The van der Waals surface area contributed by atoms with Gasteiger partial charge in [-0.2, -0.15) is 0 Å². The molecule has 0 saturated carbocycles. The zero-order valence-electron chi connectivity index (χ0n) is 9.21. The molecule has 1 unspecified atom stereocenters. The third-order valence-electron chi connectivity index (χ3n) is 2.99. The van der Waals surface area contributed by atoms with Gasteiger partial charge in [-0.25, -0.2) is 4.98 Å². The number of nitrogens with two attached hydrogens (primary N) is 1.